The van der Waals surface area contributed by atoms with Crippen LogP contribution < -0.4 is 5.32 Å². The molecule has 0 radical (unpaired) electrons. The molecule has 0 aliphatic heterocycles. The molecule has 3 heteroatoms. The Bertz CT molecular complexity index is 330. The van der Waals surface area contributed by atoms with E-state index in [-0.39, 0.29) is 6.04 Å². The van der Waals surface area contributed by atoms with Gasteiger partial charge in [-0.25, -0.2) is 0 Å². The van der Waals surface area contributed by atoms with Gasteiger partial charge in [0.05, 0.1) is 11.7 Å². The summed E-state index contributed by atoms with van der Waals surface area (Å²) in [6.45, 7) is 4.89. The van der Waals surface area contributed by atoms with Crippen molar-refractivity contribution >= 4 is 0 Å². The molecule has 1 aromatic heterocycles. The summed E-state index contributed by atoms with van der Waals surface area (Å²) < 4.78 is 1.82. The minimum atomic E-state index is 0.258. The summed E-state index contributed by atoms with van der Waals surface area (Å²) in [7, 11) is 1.93. The Balaban J connectivity index is 2.69. The van der Waals surface area contributed by atoms with Crippen LogP contribution in [0.1, 0.15) is 32.0 Å². The molecule has 14 heavy (non-hydrogen) atoms. The molecule has 0 bridgehead atoms. The van der Waals surface area contributed by atoms with Crippen LogP contribution in [0, 0.1) is 11.8 Å². The van der Waals surface area contributed by atoms with Crippen molar-refractivity contribution in [2.75, 3.05) is 6.54 Å². The first-order valence-corrected chi connectivity index (χ1v) is 4.90. The predicted molar refractivity (Wildman–Crippen MR) is 57.7 cm³/mol. The quantitative estimate of drug-likeness (QED) is 0.731. The first-order valence-electron chi connectivity index (χ1n) is 4.90. The van der Waals surface area contributed by atoms with Gasteiger partial charge in [-0.15, -0.1) is 11.8 Å². The third-order valence-electron chi connectivity index (χ3n) is 2.02. The van der Waals surface area contributed by atoms with E-state index in [1.54, 1.807) is 0 Å². The number of rotatable bonds is 4. The van der Waals surface area contributed by atoms with Crippen LogP contribution in [-0.4, -0.2) is 16.3 Å². The number of nitrogens with one attached hydrogen (secondary N) is 1. The Kier molecular flexibility index (Phi) is 4.21. The zero-order valence-electron chi connectivity index (χ0n) is 9.04. The predicted octanol–water partition coefficient (Wildman–Crippen LogP) is 1.48. The second-order valence-electron chi connectivity index (χ2n) is 3.16. The average Bonchev–Trinajstić information content (AvgIpc) is 2.59. The summed E-state index contributed by atoms with van der Waals surface area (Å²) in [5, 5.41) is 7.74. The summed E-state index contributed by atoms with van der Waals surface area (Å²) in [6, 6.07) is 2.29. The zero-order valence-corrected chi connectivity index (χ0v) is 9.04. The lowest BCUT2D eigenvalue weighted by Crippen LogP contribution is -2.21. The second-order valence-corrected chi connectivity index (χ2v) is 3.16. The number of aryl methyl sites for hydroxylation is 1. The van der Waals surface area contributed by atoms with Gasteiger partial charge < -0.3 is 5.32 Å². The highest BCUT2D eigenvalue weighted by molar-refractivity contribution is 5.10. The first kappa shape index (κ1) is 10.8. The fourth-order valence-corrected chi connectivity index (χ4v) is 1.35. The molecule has 76 valence electrons. The maximum Gasteiger partial charge on any atom is 0.0803 e. The van der Waals surface area contributed by atoms with E-state index in [9.17, 15) is 0 Å². The van der Waals surface area contributed by atoms with E-state index >= 15 is 0 Å². The molecule has 1 aromatic rings. The molecular weight excluding hydrogens is 174 g/mol. The van der Waals surface area contributed by atoms with Crippen molar-refractivity contribution in [2.45, 2.75) is 26.3 Å². The third-order valence-corrected chi connectivity index (χ3v) is 2.02. The van der Waals surface area contributed by atoms with Gasteiger partial charge in [0, 0.05) is 19.7 Å². The molecule has 0 saturated carbocycles. The molecular formula is C11H17N3. The van der Waals surface area contributed by atoms with E-state index in [0.717, 1.165) is 18.7 Å². The van der Waals surface area contributed by atoms with Crippen LogP contribution in [0.4, 0.5) is 0 Å². The van der Waals surface area contributed by atoms with Crippen LogP contribution in [0.5, 0.6) is 0 Å². The minimum absolute atomic E-state index is 0.258. The number of nitrogens with zero attached hydrogens (tertiary/aromatic N) is 2. The maximum atomic E-state index is 4.37. The largest absolute Gasteiger partial charge is 0.308 e. The van der Waals surface area contributed by atoms with Gasteiger partial charge in [-0.2, -0.15) is 5.10 Å². The Morgan fingerprint density at radius 1 is 1.64 bits per heavy atom. The number of aromatic nitrogens is 2. The SMILES string of the molecule is CC#CCC(NCC)c1ccn(C)n1. The molecule has 0 saturated heterocycles. The molecule has 0 aromatic carbocycles. The molecule has 0 aliphatic rings. The number of hydrogen-bond donors (Lipinski definition) is 1. The molecule has 0 spiro atoms. The number of hydrogen-bond acceptors (Lipinski definition) is 2. The van der Waals surface area contributed by atoms with Crippen molar-refractivity contribution in [3.63, 3.8) is 0 Å². The van der Waals surface area contributed by atoms with E-state index < -0.39 is 0 Å². The van der Waals surface area contributed by atoms with E-state index in [2.05, 4.69) is 29.2 Å². The fourth-order valence-electron chi connectivity index (χ4n) is 1.35. The normalized spacial score (nSPS) is 11.9. The zero-order chi connectivity index (χ0) is 10.4. The molecule has 1 unspecified atom stereocenters. The lowest BCUT2D eigenvalue weighted by Gasteiger charge is -2.11. The van der Waals surface area contributed by atoms with Crippen molar-refractivity contribution < 1.29 is 0 Å². The molecule has 0 amide bonds. The van der Waals surface area contributed by atoms with Gasteiger partial charge in [-0.3, -0.25) is 4.68 Å². The maximum absolute atomic E-state index is 4.37. The molecule has 0 aliphatic carbocycles. The van der Waals surface area contributed by atoms with Crippen molar-refractivity contribution in [3.05, 3.63) is 18.0 Å². The molecule has 1 heterocycles. The smallest absolute Gasteiger partial charge is 0.0803 e. The lowest BCUT2D eigenvalue weighted by molar-refractivity contribution is 0.541. The van der Waals surface area contributed by atoms with Crippen molar-refractivity contribution in [2.24, 2.45) is 7.05 Å². The highest BCUT2D eigenvalue weighted by atomic mass is 15.3. The summed E-state index contributed by atoms with van der Waals surface area (Å²) in [6.07, 6.45) is 2.78. The average molecular weight is 191 g/mol. The van der Waals surface area contributed by atoms with Crippen LogP contribution in [0.3, 0.4) is 0 Å². The Labute approximate surface area is 85.5 Å². The van der Waals surface area contributed by atoms with Crippen LogP contribution in [-0.2, 0) is 7.05 Å². The van der Waals surface area contributed by atoms with Gasteiger partial charge >= 0.3 is 0 Å². The lowest BCUT2D eigenvalue weighted by atomic mass is 10.1. The van der Waals surface area contributed by atoms with Gasteiger partial charge in [0.25, 0.3) is 0 Å². The van der Waals surface area contributed by atoms with E-state index in [4.69, 9.17) is 0 Å². The van der Waals surface area contributed by atoms with E-state index in [1.807, 2.05) is 30.9 Å². The third kappa shape index (κ3) is 2.90. The van der Waals surface area contributed by atoms with Crippen LogP contribution in [0.15, 0.2) is 12.3 Å². The van der Waals surface area contributed by atoms with Gasteiger partial charge in [0.15, 0.2) is 0 Å². The van der Waals surface area contributed by atoms with Crippen LogP contribution >= 0.6 is 0 Å². The van der Waals surface area contributed by atoms with Crippen LogP contribution in [0.25, 0.3) is 0 Å². The summed E-state index contributed by atoms with van der Waals surface area (Å²) in [5.41, 5.74) is 1.07. The first-order chi connectivity index (χ1) is 6.77. The van der Waals surface area contributed by atoms with Gasteiger partial charge in [0.1, 0.15) is 0 Å². The highest BCUT2D eigenvalue weighted by Crippen LogP contribution is 2.12. The Morgan fingerprint density at radius 2 is 2.43 bits per heavy atom. The second kappa shape index (κ2) is 5.46. The molecule has 1 atom stereocenters. The molecule has 3 nitrogen and oxygen atoms in total. The van der Waals surface area contributed by atoms with Crippen molar-refractivity contribution in [1.82, 2.24) is 15.1 Å². The molecule has 0 fully saturated rings. The fraction of sp³-hybridized carbons (Fsp3) is 0.545. The van der Waals surface area contributed by atoms with Crippen molar-refractivity contribution in [1.29, 1.82) is 0 Å². The monoisotopic (exact) mass is 191 g/mol. The van der Waals surface area contributed by atoms with Crippen molar-refractivity contribution in [3.8, 4) is 11.8 Å². The summed E-state index contributed by atoms with van der Waals surface area (Å²) >= 11 is 0. The van der Waals surface area contributed by atoms with E-state index in [0.29, 0.717) is 0 Å². The topological polar surface area (TPSA) is 29.9 Å². The summed E-state index contributed by atoms with van der Waals surface area (Å²) in [4.78, 5) is 0. The van der Waals surface area contributed by atoms with E-state index in [1.165, 1.54) is 0 Å². The van der Waals surface area contributed by atoms with Gasteiger partial charge in [0.2, 0.25) is 0 Å². The Morgan fingerprint density at radius 3 is 2.93 bits per heavy atom. The Hall–Kier alpha value is -1.27. The highest BCUT2D eigenvalue weighted by Gasteiger charge is 2.10. The standard InChI is InChI=1S/C11H17N3/c1-4-6-7-10(12-5-2)11-8-9-14(3)13-11/h8-10,12H,5,7H2,1-3H3. The minimum Gasteiger partial charge on any atom is -0.308 e. The van der Waals surface area contributed by atoms with Crippen LogP contribution in [0.2, 0.25) is 0 Å². The molecule has 1 N–H and O–H groups in total. The van der Waals surface area contributed by atoms with Gasteiger partial charge in [-0.05, 0) is 19.5 Å². The van der Waals surface area contributed by atoms with Gasteiger partial charge in [-0.1, -0.05) is 6.92 Å². The summed E-state index contributed by atoms with van der Waals surface area (Å²) in [5.74, 6) is 5.99. The molecule has 1 rings (SSSR count).